The highest BCUT2D eigenvalue weighted by atomic mass is 32.2. The number of oxime groups is 1. The molecule has 218 valence electrons. The molecular formula is C22H26N9O8S2+. The lowest BCUT2D eigenvalue weighted by Gasteiger charge is -2.43. The Bertz CT molecular complexity index is 1660. The van der Waals surface area contributed by atoms with Crippen LogP contribution in [0.3, 0.4) is 0 Å². The third-order valence-corrected chi connectivity index (χ3v) is 7.67. The van der Waals surface area contributed by atoms with Gasteiger partial charge >= 0.3 is 16.3 Å². The van der Waals surface area contributed by atoms with Gasteiger partial charge in [0.05, 0.1) is 18.8 Å². The number of nitrogen functional groups attached to an aromatic ring is 1. The maximum Gasteiger partial charge on any atom is 0.362 e. The molecule has 0 spiro atoms. The fraction of sp³-hybridized carbons (Fsp3) is 0.364. The van der Waals surface area contributed by atoms with E-state index in [2.05, 4.69) is 25.8 Å². The molecule has 2 amide bonds. The van der Waals surface area contributed by atoms with Gasteiger partial charge in [-0.2, -0.15) is 8.42 Å². The van der Waals surface area contributed by atoms with Gasteiger partial charge in [-0.15, -0.1) is 16.4 Å². The molecule has 0 aliphatic carbocycles. The van der Waals surface area contributed by atoms with Gasteiger partial charge in [-0.25, -0.2) is 23.3 Å². The standard InChI is InChI=1S/C22H25N9O8S2/c1-11-7-29(4)6-5-12(11)13-8-30(28-26-13)9-15-17(19(33)31(15)41(36,37)38)25-18(32)16(14-10-40-21(23)24-14)27-39-22(2,3)20(34)35/h5-8,10,15,17H,9H2,1-4H3,(H4-,23,24,25,32,34,35,36,37,38)/p+1/b27-16-/t15-,17+/m1/s1. The number of carbonyl (C=O) groups is 3. The van der Waals surface area contributed by atoms with E-state index < -0.39 is 51.5 Å². The summed E-state index contributed by atoms with van der Waals surface area (Å²) in [5.74, 6) is -3.54. The minimum Gasteiger partial charge on any atom is -0.478 e. The van der Waals surface area contributed by atoms with Crippen molar-refractivity contribution in [1.82, 2.24) is 29.6 Å². The van der Waals surface area contributed by atoms with E-state index in [-0.39, 0.29) is 21.7 Å². The Morgan fingerprint density at radius 2 is 2.07 bits per heavy atom. The van der Waals surface area contributed by atoms with Crippen LogP contribution in [0.5, 0.6) is 0 Å². The van der Waals surface area contributed by atoms with E-state index in [1.807, 2.05) is 37.0 Å². The van der Waals surface area contributed by atoms with Crippen LogP contribution in [0.1, 0.15) is 25.1 Å². The molecule has 0 aromatic carbocycles. The number of carbonyl (C=O) groups excluding carboxylic acids is 2. The zero-order chi connectivity index (χ0) is 30.3. The largest absolute Gasteiger partial charge is 0.478 e. The Balaban J connectivity index is 1.61. The highest BCUT2D eigenvalue weighted by Crippen LogP contribution is 2.26. The normalized spacial score (nSPS) is 17.7. The minimum absolute atomic E-state index is 0.0672. The molecule has 1 aliphatic rings. The summed E-state index contributed by atoms with van der Waals surface area (Å²) in [6, 6.07) is -0.934. The summed E-state index contributed by atoms with van der Waals surface area (Å²) in [6.07, 6.45) is 5.22. The zero-order valence-corrected chi connectivity index (χ0v) is 23.7. The first kappa shape index (κ1) is 29.5. The van der Waals surface area contributed by atoms with Crippen molar-refractivity contribution in [2.45, 2.75) is 45.0 Å². The third kappa shape index (κ3) is 6.15. The number of thiazole rings is 1. The molecule has 0 saturated carbocycles. The van der Waals surface area contributed by atoms with Crippen LogP contribution in [-0.4, -0.2) is 83.5 Å². The molecule has 17 nitrogen and oxygen atoms in total. The van der Waals surface area contributed by atoms with Gasteiger partial charge in [-0.1, -0.05) is 10.4 Å². The van der Waals surface area contributed by atoms with Gasteiger partial charge in [-0.05, 0) is 20.8 Å². The van der Waals surface area contributed by atoms with E-state index in [9.17, 15) is 32.5 Å². The van der Waals surface area contributed by atoms with E-state index in [4.69, 9.17) is 10.6 Å². The number of aliphatic carboxylic acids is 1. The topological polar surface area (TPSA) is 236 Å². The Hall–Kier alpha value is -4.49. The van der Waals surface area contributed by atoms with Gasteiger partial charge in [0.15, 0.2) is 23.2 Å². The van der Waals surface area contributed by atoms with Crippen molar-refractivity contribution in [2.75, 3.05) is 5.73 Å². The van der Waals surface area contributed by atoms with Gasteiger partial charge in [-0.3, -0.25) is 14.1 Å². The number of nitrogens with zero attached hydrogens (tertiary/aromatic N) is 7. The average molecular weight is 609 g/mol. The summed E-state index contributed by atoms with van der Waals surface area (Å²) in [6.45, 7) is 3.99. The first-order chi connectivity index (χ1) is 19.1. The number of nitrogens with one attached hydrogen (secondary N) is 1. The lowest BCUT2D eigenvalue weighted by atomic mass is 9.98. The Labute approximate surface area is 237 Å². The number of carboxylic acids is 1. The van der Waals surface area contributed by atoms with Crippen LogP contribution < -0.4 is 15.6 Å². The smallest absolute Gasteiger partial charge is 0.362 e. The molecule has 19 heteroatoms. The molecule has 0 unspecified atom stereocenters. The number of β-lactam (4-membered cyclic amide) rings is 1. The van der Waals surface area contributed by atoms with Gasteiger partial charge in [0.25, 0.3) is 11.8 Å². The number of hydrogen-bond donors (Lipinski definition) is 4. The monoisotopic (exact) mass is 608 g/mol. The molecule has 4 rings (SSSR count). The number of anilines is 1. The Morgan fingerprint density at radius 3 is 2.66 bits per heavy atom. The number of nitrogens with two attached hydrogens (primary N) is 1. The van der Waals surface area contributed by atoms with Crippen LogP contribution in [0.4, 0.5) is 5.13 Å². The van der Waals surface area contributed by atoms with E-state index in [0.717, 1.165) is 22.5 Å². The van der Waals surface area contributed by atoms with Gasteiger partial charge in [0.2, 0.25) is 5.60 Å². The fourth-order valence-electron chi connectivity index (χ4n) is 3.88. The quantitative estimate of drug-likeness (QED) is 0.0705. The molecule has 1 fully saturated rings. The van der Waals surface area contributed by atoms with Gasteiger partial charge in [0.1, 0.15) is 24.5 Å². The van der Waals surface area contributed by atoms with Crippen LogP contribution in [0, 0.1) is 6.92 Å². The second-order valence-electron chi connectivity index (χ2n) is 9.58. The third-order valence-electron chi connectivity index (χ3n) is 6.05. The number of pyridine rings is 1. The average Bonchev–Trinajstić information content (AvgIpc) is 3.50. The van der Waals surface area contributed by atoms with Crippen LogP contribution in [-0.2, 0) is 43.1 Å². The number of amides is 2. The van der Waals surface area contributed by atoms with Crippen molar-refractivity contribution in [1.29, 1.82) is 0 Å². The van der Waals surface area contributed by atoms with Crippen molar-refractivity contribution < 1.29 is 41.9 Å². The number of carboxylic acid groups (broad SMARTS) is 1. The molecule has 4 heterocycles. The second-order valence-corrected chi connectivity index (χ2v) is 11.8. The predicted molar refractivity (Wildman–Crippen MR) is 141 cm³/mol. The first-order valence-electron chi connectivity index (χ1n) is 11.8. The lowest BCUT2D eigenvalue weighted by molar-refractivity contribution is -0.671. The Kier molecular flexibility index (Phi) is 7.78. The second kappa shape index (κ2) is 10.8. The van der Waals surface area contributed by atoms with Gasteiger partial charge < -0.3 is 21.0 Å². The maximum atomic E-state index is 13.2. The van der Waals surface area contributed by atoms with Crippen LogP contribution >= 0.6 is 11.3 Å². The fourth-order valence-corrected chi connectivity index (χ4v) is 5.30. The lowest BCUT2D eigenvalue weighted by Crippen LogP contribution is -2.73. The molecule has 5 N–H and O–H groups in total. The molecular weight excluding hydrogens is 582 g/mol. The van der Waals surface area contributed by atoms with Crippen LogP contribution in [0.15, 0.2) is 35.2 Å². The van der Waals surface area contributed by atoms with Crippen molar-refractivity contribution >= 4 is 50.3 Å². The van der Waals surface area contributed by atoms with Crippen LogP contribution in [0.2, 0.25) is 0 Å². The summed E-state index contributed by atoms with van der Waals surface area (Å²) < 4.78 is 36.9. The number of hydrogen-bond acceptors (Lipinski definition) is 12. The molecule has 0 radical (unpaired) electrons. The summed E-state index contributed by atoms with van der Waals surface area (Å²) in [7, 11) is -3.14. The van der Waals surface area contributed by atoms with Crippen LogP contribution in [0.25, 0.3) is 11.3 Å². The number of aromatic nitrogens is 5. The van der Waals surface area contributed by atoms with Crippen molar-refractivity contribution in [3.05, 3.63) is 41.3 Å². The van der Waals surface area contributed by atoms with E-state index in [1.165, 1.54) is 30.1 Å². The van der Waals surface area contributed by atoms with E-state index in [1.54, 1.807) is 0 Å². The predicted octanol–water partition coefficient (Wildman–Crippen LogP) is -1.10. The number of rotatable bonds is 10. The summed E-state index contributed by atoms with van der Waals surface area (Å²) in [4.78, 5) is 46.4. The van der Waals surface area contributed by atoms with E-state index >= 15 is 0 Å². The molecule has 1 saturated heterocycles. The summed E-state index contributed by atoms with van der Waals surface area (Å²) in [5, 5.41) is 24.9. The van der Waals surface area contributed by atoms with Crippen molar-refractivity contribution in [2.24, 2.45) is 12.2 Å². The molecule has 41 heavy (non-hydrogen) atoms. The zero-order valence-electron chi connectivity index (χ0n) is 22.1. The maximum absolute atomic E-state index is 13.2. The Morgan fingerprint density at radius 1 is 1.37 bits per heavy atom. The molecule has 3 aromatic rings. The first-order valence-corrected chi connectivity index (χ1v) is 14.0. The summed E-state index contributed by atoms with van der Waals surface area (Å²) >= 11 is 0.964. The molecule has 3 aromatic heterocycles. The highest BCUT2D eigenvalue weighted by molar-refractivity contribution is 7.84. The summed E-state index contributed by atoms with van der Waals surface area (Å²) in [5.41, 5.74) is 5.37. The minimum atomic E-state index is -5.00. The molecule has 0 bridgehead atoms. The van der Waals surface area contributed by atoms with Gasteiger partial charge in [0, 0.05) is 22.6 Å². The van der Waals surface area contributed by atoms with Crippen molar-refractivity contribution in [3.63, 3.8) is 0 Å². The number of aryl methyl sites for hydroxylation is 2. The SMILES string of the molecule is Cc1c[n+](C)ccc1-c1cn(C[C@@H]2[C@H](NC(=O)/C(=N\OC(C)(C)C(=O)O)c3csc(N)n3)C(=O)N2S(=O)(=O)O)nn1. The van der Waals surface area contributed by atoms with E-state index in [0.29, 0.717) is 5.69 Å². The molecule has 2 atom stereocenters. The highest BCUT2D eigenvalue weighted by Gasteiger charge is 2.54. The molecule has 1 aliphatic heterocycles. The van der Waals surface area contributed by atoms with Crippen molar-refractivity contribution in [3.8, 4) is 11.3 Å².